The molecule has 1 aromatic carbocycles. The second kappa shape index (κ2) is 9.27. The molecule has 0 spiro atoms. The van der Waals surface area contributed by atoms with E-state index in [4.69, 9.17) is 10.7 Å². The summed E-state index contributed by atoms with van der Waals surface area (Å²) in [6.45, 7) is 7.80. The molecule has 40 heavy (non-hydrogen) atoms. The molecule has 1 atom stereocenters. The van der Waals surface area contributed by atoms with Gasteiger partial charge in [0.25, 0.3) is 11.8 Å². The van der Waals surface area contributed by atoms with Crippen LogP contribution in [0.15, 0.2) is 24.4 Å². The zero-order valence-electron chi connectivity index (χ0n) is 23.6. The van der Waals surface area contributed by atoms with Crippen molar-refractivity contribution in [3.8, 4) is 11.3 Å². The summed E-state index contributed by atoms with van der Waals surface area (Å²) in [5.74, 6) is 0.246. The summed E-state index contributed by atoms with van der Waals surface area (Å²) in [5.41, 5.74) is 8.13. The van der Waals surface area contributed by atoms with Crippen molar-refractivity contribution >= 4 is 23.3 Å². The fourth-order valence-corrected chi connectivity index (χ4v) is 6.24. The zero-order chi connectivity index (χ0) is 28.6. The van der Waals surface area contributed by atoms with Crippen LogP contribution in [0.1, 0.15) is 98.1 Å². The summed E-state index contributed by atoms with van der Waals surface area (Å²) >= 11 is 0. The minimum Gasteiger partial charge on any atom is -0.390 e. The van der Waals surface area contributed by atoms with E-state index in [0.29, 0.717) is 60.6 Å². The second-order valence-corrected chi connectivity index (χ2v) is 12.7. The highest BCUT2D eigenvalue weighted by Gasteiger charge is 2.41. The third-order valence-electron chi connectivity index (χ3n) is 8.92. The van der Waals surface area contributed by atoms with Gasteiger partial charge >= 0.3 is 0 Å². The maximum atomic E-state index is 13.5. The lowest BCUT2D eigenvalue weighted by Gasteiger charge is -2.33. The maximum Gasteiger partial charge on any atom is 0.259 e. The summed E-state index contributed by atoms with van der Waals surface area (Å²) < 4.78 is 1.49. The molecular formula is C30H38N6O4. The smallest absolute Gasteiger partial charge is 0.259 e. The fourth-order valence-electron chi connectivity index (χ4n) is 6.24. The topological polar surface area (TPSA) is 146 Å². The van der Waals surface area contributed by atoms with Crippen LogP contribution >= 0.6 is 0 Å². The molecule has 3 aromatic rings. The van der Waals surface area contributed by atoms with Crippen molar-refractivity contribution in [2.24, 2.45) is 5.92 Å². The Morgan fingerprint density at radius 2 is 1.93 bits per heavy atom. The van der Waals surface area contributed by atoms with Crippen LogP contribution in [0.25, 0.3) is 16.9 Å². The highest BCUT2D eigenvalue weighted by atomic mass is 16.3. The molecule has 212 valence electrons. The number of aliphatic hydroxyl groups is 2. The van der Waals surface area contributed by atoms with E-state index in [0.717, 1.165) is 24.0 Å². The standard InChI is InChI=1S/C30H38N6O4/c1-16(17-5-6-17)35-15-19-13-18(14-21(29(2,3)39)23(19)28(35)38)22-9-12-36-26(33-22)24(25(31)34-36)27(37)32-20-7-10-30(4,40)11-8-20/h9,12-14,16-17,20,39-40H,5-8,10-11,15H2,1-4H3,(H2,31,34)(H,32,37). The zero-order valence-corrected chi connectivity index (χ0v) is 23.6. The summed E-state index contributed by atoms with van der Waals surface area (Å²) in [4.78, 5) is 33.5. The molecule has 3 aliphatic rings. The van der Waals surface area contributed by atoms with Gasteiger partial charge in [0, 0.05) is 30.4 Å². The average Bonchev–Trinajstić information content (AvgIpc) is 3.61. The van der Waals surface area contributed by atoms with Crippen LogP contribution < -0.4 is 11.1 Å². The SMILES string of the molecule is CC(C1CC1)N1Cc2cc(-c3ccn4nc(N)c(C(=O)NC5CCC(C)(O)CC5)c4n3)cc(C(C)(C)O)c2C1=O. The normalized spacial score (nSPS) is 23.9. The Morgan fingerprint density at radius 1 is 1.23 bits per heavy atom. The second-order valence-electron chi connectivity index (χ2n) is 12.7. The molecule has 0 saturated heterocycles. The molecule has 2 amide bonds. The van der Waals surface area contributed by atoms with Gasteiger partial charge in [0.05, 0.1) is 22.5 Å². The molecule has 0 radical (unpaired) electrons. The van der Waals surface area contributed by atoms with Gasteiger partial charge < -0.3 is 26.2 Å². The van der Waals surface area contributed by atoms with Crippen LogP contribution in [0.4, 0.5) is 5.82 Å². The van der Waals surface area contributed by atoms with Crippen LogP contribution in [0, 0.1) is 5.92 Å². The largest absolute Gasteiger partial charge is 0.390 e. The lowest BCUT2D eigenvalue weighted by atomic mass is 9.83. The van der Waals surface area contributed by atoms with Crippen molar-refractivity contribution in [2.75, 3.05) is 5.73 Å². The van der Waals surface area contributed by atoms with Gasteiger partial charge in [-0.05, 0) is 101 Å². The van der Waals surface area contributed by atoms with Gasteiger partial charge in [-0.3, -0.25) is 9.59 Å². The van der Waals surface area contributed by atoms with E-state index >= 15 is 0 Å². The number of aromatic nitrogens is 3. The van der Waals surface area contributed by atoms with Crippen molar-refractivity contribution < 1.29 is 19.8 Å². The summed E-state index contributed by atoms with van der Waals surface area (Å²) in [6.07, 6.45) is 6.59. The average molecular weight is 547 g/mol. The molecule has 2 aliphatic carbocycles. The number of benzene rings is 1. The maximum absolute atomic E-state index is 13.5. The molecule has 1 unspecified atom stereocenters. The Labute approximate surface area is 233 Å². The van der Waals surface area contributed by atoms with E-state index in [2.05, 4.69) is 17.3 Å². The number of carbonyl (C=O) groups is 2. The van der Waals surface area contributed by atoms with Crippen LogP contribution in [-0.4, -0.2) is 59.2 Å². The quantitative estimate of drug-likeness (QED) is 0.371. The highest BCUT2D eigenvalue weighted by molar-refractivity contribution is 6.04. The first-order valence-corrected chi connectivity index (χ1v) is 14.2. The molecule has 2 aromatic heterocycles. The van der Waals surface area contributed by atoms with Gasteiger partial charge in [-0.2, -0.15) is 0 Å². The van der Waals surface area contributed by atoms with Gasteiger partial charge in [0.2, 0.25) is 0 Å². The Bertz CT molecular complexity index is 1510. The first-order valence-electron chi connectivity index (χ1n) is 14.2. The van der Waals surface area contributed by atoms with Crippen LogP contribution in [0.2, 0.25) is 0 Å². The van der Waals surface area contributed by atoms with E-state index in [1.54, 1.807) is 26.1 Å². The van der Waals surface area contributed by atoms with Crippen LogP contribution in [-0.2, 0) is 12.1 Å². The van der Waals surface area contributed by atoms with Crippen molar-refractivity contribution in [3.63, 3.8) is 0 Å². The van der Waals surface area contributed by atoms with Gasteiger partial charge in [0.15, 0.2) is 11.5 Å². The number of fused-ring (bicyclic) bond motifs is 2. The Kier molecular flexibility index (Phi) is 6.19. The van der Waals surface area contributed by atoms with E-state index in [-0.39, 0.29) is 35.3 Å². The summed E-state index contributed by atoms with van der Waals surface area (Å²) in [6, 6.07) is 5.68. The van der Waals surface area contributed by atoms with Crippen LogP contribution in [0.3, 0.4) is 0 Å². The van der Waals surface area contributed by atoms with E-state index in [1.165, 1.54) is 4.52 Å². The van der Waals surface area contributed by atoms with Crippen molar-refractivity contribution in [1.29, 1.82) is 0 Å². The molecule has 3 heterocycles. The van der Waals surface area contributed by atoms with E-state index in [1.807, 2.05) is 24.0 Å². The van der Waals surface area contributed by atoms with Gasteiger partial charge in [-0.15, -0.1) is 5.10 Å². The van der Waals surface area contributed by atoms with Crippen molar-refractivity contribution in [1.82, 2.24) is 24.8 Å². The molecular weight excluding hydrogens is 508 g/mol. The first kappa shape index (κ1) is 26.7. The number of carbonyl (C=O) groups excluding carboxylic acids is 2. The number of rotatable bonds is 6. The number of nitrogens with one attached hydrogen (secondary N) is 1. The molecule has 5 N–H and O–H groups in total. The predicted molar refractivity (Wildman–Crippen MR) is 150 cm³/mol. The molecule has 10 heteroatoms. The highest BCUT2D eigenvalue weighted by Crippen LogP contribution is 2.41. The fraction of sp³-hybridized carbons (Fsp3) is 0.533. The number of anilines is 1. The van der Waals surface area contributed by atoms with E-state index in [9.17, 15) is 19.8 Å². The Morgan fingerprint density at radius 3 is 2.58 bits per heavy atom. The lowest BCUT2D eigenvalue weighted by molar-refractivity contribution is 0.0140. The lowest BCUT2D eigenvalue weighted by Crippen LogP contribution is -2.42. The number of nitrogens with two attached hydrogens (primary N) is 1. The molecule has 10 nitrogen and oxygen atoms in total. The van der Waals surface area contributed by atoms with Crippen LogP contribution in [0.5, 0.6) is 0 Å². The molecule has 2 fully saturated rings. The summed E-state index contributed by atoms with van der Waals surface area (Å²) in [7, 11) is 0. The summed E-state index contributed by atoms with van der Waals surface area (Å²) in [5, 5.41) is 28.7. The van der Waals surface area contributed by atoms with Crippen molar-refractivity contribution in [3.05, 3.63) is 46.6 Å². The molecule has 2 saturated carbocycles. The van der Waals surface area contributed by atoms with E-state index < -0.39 is 11.2 Å². The Balaban J connectivity index is 1.36. The molecule has 6 rings (SSSR count). The first-order chi connectivity index (χ1) is 18.8. The predicted octanol–water partition coefficient (Wildman–Crippen LogP) is 3.38. The number of hydrogen-bond acceptors (Lipinski definition) is 7. The molecule has 1 aliphatic heterocycles. The van der Waals surface area contributed by atoms with Gasteiger partial charge in [-0.25, -0.2) is 9.50 Å². The number of hydrogen-bond donors (Lipinski definition) is 4. The van der Waals surface area contributed by atoms with Crippen molar-refractivity contribution in [2.45, 2.75) is 96.1 Å². The number of nitrogens with zero attached hydrogens (tertiary/aromatic N) is 4. The van der Waals surface area contributed by atoms with Gasteiger partial charge in [-0.1, -0.05) is 0 Å². The monoisotopic (exact) mass is 546 g/mol. The minimum atomic E-state index is -1.24. The third kappa shape index (κ3) is 4.73. The third-order valence-corrected chi connectivity index (χ3v) is 8.92. The number of amides is 2. The molecule has 0 bridgehead atoms. The van der Waals surface area contributed by atoms with Gasteiger partial charge in [0.1, 0.15) is 5.56 Å². The number of nitrogen functional groups attached to an aromatic ring is 1. The minimum absolute atomic E-state index is 0.0340. The Hall–Kier alpha value is -3.50.